The molecule has 1 saturated carbocycles. The Morgan fingerprint density at radius 1 is 1.20 bits per heavy atom. The van der Waals surface area contributed by atoms with Crippen molar-refractivity contribution in [2.45, 2.75) is 18.9 Å². The first-order chi connectivity index (χ1) is 9.83. The third-order valence-electron chi connectivity index (χ3n) is 3.60. The summed E-state index contributed by atoms with van der Waals surface area (Å²) in [5.74, 6) is 1.51. The summed E-state index contributed by atoms with van der Waals surface area (Å²) in [5, 5.41) is 4.00. The molecule has 1 atom stereocenters. The first-order valence-corrected chi connectivity index (χ1v) is 6.62. The van der Waals surface area contributed by atoms with Crippen LogP contribution in [0.4, 0.5) is 0 Å². The van der Waals surface area contributed by atoms with E-state index in [0.29, 0.717) is 17.6 Å². The summed E-state index contributed by atoms with van der Waals surface area (Å²) in [6, 6.07) is 5.57. The van der Waals surface area contributed by atoms with Gasteiger partial charge in [-0.05, 0) is 30.9 Å². The molecule has 3 aromatic rings. The number of benzene rings is 1. The van der Waals surface area contributed by atoms with Crippen LogP contribution in [0.25, 0.3) is 22.5 Å². The van der Waals surface area contributed by atoms with Crippen molar-refractivity contribution in [3.05, 3.63) is 36.4 Å². The minimum atomic E-state index is -0.131. The van der Waals surface area contributed by atoms with Crippen molar-refractivity contribution < 1.29 is 4.52 Å². The second-order valence-corrected chi connectivity index (χ2v) is 5.05. The van der Waals surface area contributed by atoms with E-state index in [9.17, 15) is 0 Å². The van der Waals surface area contributed by atoms with Crippen LogP contribution in [-0.2, 0) is 0 Å². The Hall–Kier alpha value is -2.34. The van der Waals surface area contributed by atoms with E-state index in [0.717, 1.165) is 29.4 Å². The lowest BCUT2D eigenvalue weighted by Crippen LogP contribution is -2.13. The molecule has 0 bridgehead atoms. The van der Waals surface area contributed by atoms with Crippen molar-refractivity contribution in [3.63, 3.8) is 0 Å². The SMILES string of the molecule is NC(c1noc(-c2cccc3nccnc23)n1)C1CC1. The number of hydrogen-bond acceptors (Lipinski definition) is 6. The summed E-state index contributed by atoms with van der Waals surface area (Å²) in [4.78, 5) is 13.0. The minimum absolute atomic E-state index is 0.131. The average molecular weight is 267 g/mol. The maximum atomic E-state index is 6.09. The van der Waals surface area contributed by atoms with Crippen molar-refractivity contribution in [1.82, 2.24) is 20.1 Å². The van der Waals surface area contributed by atoms with E-state index in [1.807, 2.05) is 18.2 Å². The van der Waals surface area contributed by atoms with E-state index in [-0.39, 0.29) is 6.04 Å². The molecule has 0 spiro atoms. The highest BCUT2D eigenvalue weighted by Crippen LogP contribution is 2.39. The molecule has 6 nitrogen and oxygen atoms in total. The van der Waals surface area contributed by atoms with Crippen molar-refractivity contribution in [2.75, 3.05) is 0 Å². The Morgan fingerprint density at radius 3 is 2.90 bits per heavy atom. The molecule has 2 aromatic heterocycles. The van der Waals surface area contributed by atoms with Crippen LogP contribution in [0, 0.1) is 5.92 Å². The Labute approximate surface area is 115 Å². The molecule has 0 aliphatic heterocycles. The summed E-state index contributed by atoms with van der Waals surface area (Å²) in [5.41, 5.74) is 8.44. The van der Waals surface area contributed by atoms with Crippen molar-refractivity contribution in [3.8, 4) is 11.5 Å². The minimum Gasteiger partial charge on any atom is -0.334 e. The predicted molar refractivity (Wildman–Crippen MR) is 72.5 cm³/mol. The third kappa shape index (κ3) is 1.85. The molecule has 1 aliphatic carbocycles. The lowest BCUT2D eigenvalue weighted by Gasteiger charge is -2.02. The van der Waals surface area contributed by atoms with Gasteiger partial charge in [0.1, 0.15) is 5.52 Å². The van der Waals surface area contributed by atoms with Crippen molar-refractivity contribution >= 4 is 11.0 Å². The van der Waals surface area contributed by atoms with E-state index < -0.39 is 0 Å². The van der Waals surface area contributed by atoms with Gasteiger partial charge < -0.3 is 10.3 Å². The number of hydrogen-bond donors (Lipinski definition) is 1. The van der Waals surface area contributed by atoms with Crippen LogP contribution in [0.2, 0.25) is 0 Å². The van der Waals surface area contributed by atoms with Gasteiger partial charge in [-0.2, -0.15) is 4.98 Å². The quantitative estimate of drug-likeness (QED) is 0.781. The molecule has 1 aliphatic rings. The van der Waals surface area contributed by atoms with Crippen LogP contribution in [0.15, 0.2) is 35.1 Å². The summed E-state index contributed by atoms with van der Waals surface area (Å²) in [6.07, 6.45) is 5.60. The van der Waals surface area contributed by atoms with Gasteiger partial charge in [0.15, 0.2) is 5.82 Å². The molecule has 1 aromatic carbocycles. The Balaban J connectivity index is 1.79. The third-order valence-corrected chi connectivity index (χ3v) is 3.60. The van der Waals surface area contributed by atoms with Crippen LogP contribution in [0.1, 0.15) is 24.7 Å². The van der Waals surface area contributed by atoms with Gasteiger partial charge in [0, 0.05) is 12.4 Å². The Morgan fingerprint density at radius 2 is 2.05 bits per heavy atom. The maximum absolute atomic E-state index is 6.09. The molecule has 0 amide bonds. The second-order valence-electron chi connectivity index (χ2n) is 5.05. The molecule has 4 rings (SSSR count). The van der Waals surface area contributed by atoms with E-state index in [4.69, 9.17) is 10.3 Å². The number of nitrogens with two attached hydrogens (primary N) is 1. The normalized spacial score (nSPS) is 16.4. The Bertz CT molecular complexity index is 760. The number of para-hydroxylation sites is 1. The molecular formula is C14H13N5O. The summed E-state index contributed by atoms with van der Waals surface area (Å²) in [6.45, 7) is 0. The van der Waals surface area contributed by atoms with Crippen molar-refractivity contribution in [2.24, 2.45) is 11.7 Å². The molecule has 6 heteroatoms. The first-order valence-electron chi connectivity index (χ1n) is 6.62. The lowest BCUT2D eigenvalue weighted by atomic mass is 10.1. The molecule has 0 radical (unpaired) electrons. The van der Waals surface area contributed by atoms with E-state index in [1.165, 1.54) is 0 Å². The summed E-state index contributed by atoms with van der Waals surface area (Å²) in [7, 11) is 0. The number of nitrogens with zero attached hydrogens (tertiary/aromatic N) is 4. The standard InChI is InChI=1S/C14H13N5O/c15-11(8-4-5-8)13-18-14(20-19-13)9-2-1-3-10-12(9)17-7-6-16-10/h1-3,6-8,11H,4-5,15H2. The summed E-state index contributed by atoms with van der Waals surface area (Å²) < 4.78 is 5.35. The van der Waals surface area contributed by atoms with Gasteiger partial charge in [-0.1, -0.05) is 11.2 Å². The first kappa shape index (κ1) is 11.5. The predicted octanol–water partition coefficient (Wildman–Crippen LogP) is 2.09. The monoisotopic (exact) mass is 267 g/mol. The topological polar surface area (TPSA) is 90.7 Å². The highest BCUT2D eigenvalue weighted by Gasteiger charge is 2.32. The molecular weight excluding hydrogens is 254 g/mol. The van der Waals surface area contributed by atoms with Gasteiger partial charge in [-0.3, -0.25) is 9.97 Å². The zero-order valence-electron chi connectivity index (χ0n) is 10.7. The van der Waals surface area contributed by atoms with Crippen LogP contribution < -0.4 is 5.73 Å². The van der Waals surface area contributed by atoms with Gasteiger partial charge >= 0.3 is 0 Å². The molecule has 0 saturated heterocycles. The summed E-state index contributed by atoms with van der Waals surface area (Å²) >= 11 is 0. The van der Waals surface area contributed by atoms with Crippen LogP contribution >= 0.6 is 0 Å². The zero-order chi connectivity index (χ0) is 13.5. The highest BCUT2D eigenvalue weighted by atomic mass is 16.5. The highest BCUT2D eigenvalue weighted by molar-refractivity contribution is 5.88. The van der Waals surface area contributed by atoms with E-state index >= 15 is 0 Å². The van der Waals surface area contributed by atoms with E-state index in [2.05, 4.69) is 20.1 Å². The van der Waals surface area contributed by atoms with Gasteiger partial charge in [0.2, 0.25) is 0 Å². The number of aromatic nitrogens is 4. The molecule has 1 fully saturated rings. The molecule has 2 heterocycles. The number of rotatable bonds is 3. The van der Waals surface area contributed by atoms with E-state index in [1.54, 1.807) is 12.4 Å². The van der Waals surface area contributed by atoms with Crippen LogP contribution in [0.5, 0.6) is 0 Å². The van der Waals surface area contributed by atoms with Crippen molar-refractivity contribution in [1.29, 1.82) is 0 Å². The van der Waals surface area contributed by atoms with Gasteiger partial charge in [-0.15, -0.1) is 0 Å². The zero-order valence-corrected chi connectivity index (χ0v) is 10.7. The fourth-order valence-corrected chi connectivity index (χ4v) is 2.31. The Kier molecular flexibility index (Phi) is 2.50. The fourth-order valence-electron chi connectivity index (χ4n) is 2.31. The smallest absolute Gasteiger partial charge is 0.260 e. The molecule has 20 heavy (non-hydrogen) atoms. The molecule has 100 valence electrons. The molecule has 1 unspecified atom stereocenters. The van der Waals surface area contributed by atoms with Gasteiger partial charge in [-0.25, -0.2) is 0 Å². The lowest BCUT2D eigenvalue weighted by molar-refractivity contribution is 0.412. The largest absolute Gasteiger partial charge is 0.334 e. The number of fused-ring (bicyclic) bond motifs is 1. The maximum Gasteiger partial charge on any atom is 0.260 e. The van der Waals surface area contributed by atoms with Crippen LogP contribution in [0.3, 0.4) is 0 Å². The molecule has 2 N–H and O–H groups in total. The van der Waals surface area contributed by atoms with Gasteiger partial charge in [0.05, 0.1) is 17.1 Å². The second kappa shape index (κ2) is 4.35. The average Bonchev–Trinajstić information content (AvgIpc) is 3.23. The fraction of sp³-hybridized carbons (Fsp3) is 0.286. The van der Waals surface area contributed by atoms with Gasteiger partial charge in [0.25, 0.3) is 5.89 Å². The van der Waals surface area contributed by atoms with Crippen LogP contribution in [-0.4, -0.2) is 20.1 Å².